The maximum absolute atomic E-state index is 14.3. The van der Waals surface area contributed by atoms with Gasteiger partial charge in [-0.05, 0) is 57.5 Å². The number of anilines is 2. The van der Waals surface area contributed by atoms with Crippen LogP contribution in [0.25, 0.3) is 22.4 Å². The third kappa shape index (κ3) is 4.28. The van der Waals surface area contributed by atoms with Gasteiger partial charge < -0.3 is 10.4 Å². The molecule has 7 nitrogen and oxygen atoms in total. The van der Waals surface area contributed by atoms with Gasteiger partial charge in [-0.25, -0.2) is 9.37 Å². The molecule has 30 heavy (non-hydrogen) atoms. The molecule has 0 aliphatic heterocycles. The maximum Gasteiger partial charge on any atom is 0.151 e. The van der Waals surface area contributed by atoms with Crippen molar-refractivity contribution >= 4 is 22.4 Å². The highest BCUT2D eigenvalue weighted by Crippen LogP contribution is 2.28. The Morgan fingerprint density at radius 2 is 1.93 bits per heavy atom. The number of halogens is 1. The molecule has 0 saturated heterocycles. The summed E-state index contributed by atoms with van der Waals surface area (Å²) >= 11 is 0. The Hall–Kier alpha value is -3.39. The predicted molar refractivity (Wildman–Crippen MR) is 114 cm³/mol. The summed E-state index contributed by atoms with van der Waals surface area (Å²) in [5.74, 6) is -0.416. The quantitative estimate of drug-likeness (QED) is 0.498. The first-order valence-electron chi connectivity index (χ1n) is 9.70. The molecule has 154 valence electrons. The SMILES string of the molecule is Cc1ccc(F)c(-c2cc(Nc3ccnc4cnn(CCC(C)(C)O)c34)ccn2)n1. The van der Waals surface area contributed by atoms with Crippen LogP contribution in [0, 0.1) is 12.7 Å². The van der Waals surface area contributed by atoms with E-state index in [1.165, 1.54) is 6.07 Å². The molecular weight excluding hydrogens is 383 g/mol. The Kier molecular flexibility index (Phi) is 5.17. The average Bonchev–Trinajstić information content (AvgIpc) is 3.12. The van der Waals surface area contributed by atoms with Crippen LogP contribution in [0.1, 0.15) is 26.0 Å². The monoisotopic (exact) mass is 406 g/mol. The Bertz CT molecular complexity index is 1200. The molecule has 8 heteroatoms. The van der Waals surface area contributed by atoms with Crippen molar-refractivity contribution in [1.29, 1.82) is 0 Å². The number of aromatic nitrogens is 5. The van der Waals surface area contributed by atoms with E-state index >= 15 is 0 Å². The van der Waals surface area contributed by atoms with Crippen LogP contribution in [-0.2, 0) is 6.54 Å². The number of pyridine rings is 3. The Morgan fingerprint density at radius 3 is 2.73 bits per heavy atom. The number of hydrogen-bond donors (Lipinski definition) is 2. The molecule has 4 aromatic heterocycles. The molecule has 0 bridgehead atoms. The van der Waals surface area contributed by atoms with Gasteiger partial charge >= 0.3 is 0 Å². The predicted octanol–water partition coefficient (Wildman–Crippen LogP) is 4.24. The number of hydrogen-bond acceptors (Lipinski definition) is 6. The molecular formula is C22H23FN6O. The second-order valence-electron chi connectivity index (χ2n) is 7.86. The second-order valence-corrected chi connectivity index (χ2v) is 7.86. The van der Waals surface area contributed by atoms with Crippen molar-refractivity contribution in [2.75, 3.05) is 5.32 Å². The molecule has 4 aromatic rings. The first kappa shape index (κ1) is 19.9. The van der Waals surface area contributed by atoms with E-state index in [9.17, 15) is 9.50 Å². The summed E-state index contributed by atoms with van der Waals surface area (Å²) in [5.41, 5.74) is 3.72. The lowest BCUT2D eigenvalue weighted by Crippen LogP contribution is -2.21. The van der Waals surface area contributed by atoms with E-state index in [4.69, 9.17) is 0 Å². The van der Waals surface area contributed by atoms with Gasteiger partial charge in [0.25, 0.3) is 0 Å². The maximum atomic E-state index is 14.3. The van der Waals surface area contributed by atoms with Gasteiger partial charge in [0.1, 0.15) is 16.7 Å². The van der Waals surface area contributed by atoms with E-state index < -0.39 is 11.4 Å². The zero-order valence-electron chi connectivity index (χ0n) is 17.1. The zero-order valence-corrected chi connectivity index (χ0v) is 17.1. The van der Waals surface area contributed by atoms with Crippen molar-refractivity contribution in [1.82, 2.24) is 24.7 Å². The lowest BCUT2D eigenvalue weighted by molar-refractivity contribution is 0.0655. The van der Waals surface area contributed by atoms with Gasteiger partial charge in [0.15, 0.2) is 5.82 Å². The lowest BCUT2D eigenvalue weighted by Gasteiger charge is -2.17. The van der Waals surface area contributed by atoms with Gasteiger partial charge in [-0.1, -0.05) is 0 Å². The van der Waals surface area contributed by atoms with Crippen molar-refractivity contribution in [2.24, 2.45) is 0 Å². The molecule has 4 heterocycles. The standard InChI is InChI=1S/C22H23FN6O/c1-14-4-5-16(23)20(27-14)18-12-15(6-9-24-18)28-17-7-10-25-19-13-26-29(21(17)19)11-8-22(2,3)30/h4-7,9-10,12-13,30H,8,11H2,1-3H3,(H,24,25,28). The zero-order chi connectivity index (χ0) is 21.3. The van der Waals surface area contributed by atoms with Crippen LogP contribution in [0.4, 0.5) is 15.8 Å². The van der Waals surface area contributed by atoms with Gasteiger partial charge in [-0.2, -0.15) is 5.10 Å². The molecule has 0 aromatic carbocycles. The topological polar surface area (TPSA) is 88.8 Å². The number of nitrogens with one attached hydrogen (secondary N) is 1. The van der Waals surface area contributed by atoms with Crippen LogP contribution >= 0.6 is 0 Å². The minimum Gasteiger partial charge on any atom is -0.390 e. The first-order chi connectivity index (χ1) is 14.3. The van der Waals surface area contributed by atoms with Gasteiger partial charge in [0.05, 0.1) is 23.2 Å². The van der Waals surface area contributed by atoms with E-state index in [0.29, 0.717) is 18.7 Å². The van der Waals surface area contributed by atoms with Crippen molar-refractivity contribution in [3.63, 3.8) is 0 Å². The summed E-state index contributed by atoms with van der Waals surface area (Å²) in [5, 5.41) is 17.8. The van der Waals surface area contributed by atoms with E-state index in [2.05, 4.69) is 25.4 Å². The Morgan fingerprint density at radius 1 is 1.13 bits per heavy atom. The highest BCUT2D eigenvalue weighted by Gasteiger charge is 2.16. The summed E-state index contributed by atoms with van der Waals surface area (Å²) in [6, 6.07) is 8.45. The molecule has 0 atom stereocenters. The molecule has 0 aliphatic carbocycles. The molecule has 0 saturated carbocycles. The normalized spacial score (nSPS) is 11.8. The average molecular weight is 406 g/mol. The molecule has 0 spiro atoms. The summed E-state index contributed by atoms with van der Waals surface area (Å²) in [4.78, 5) is 12.9. The minimum absolute atomic E-state index is 0.216. The molecule has 4 rings (SSSR count). The fourth-order valence-corrected chi connectivity index (χ4v) is 3.18. The largest absolute Gasteiger partial charge is 0.390 e. The fraction of sp³-hybridized carbons (Fsp3) is 0.273. The van der Waals surface area contributed by atoms with Crippen molar-refractivity contribution < 1.29 is 9.50 Å². The van der Waals surface area contributed by atoms with Gasteiger partial charge in [-0.3, -0.25) is 14.6 Å². The summed E-state index contributed by atoms with van der Waals surface area (Å²) in [6.45, 7) is 5.90. The highest BCUT2D eigenvalue weighted by molar-refractivity contribution is 5.89. The van der Waals surface area contributed by atoms with E-state index in [1.807, 2.05) is 17.7 Å². The molecule has 0 aliphatic rings. The van der Waals surface area contributed by atoms with E-state index in [0.717, 1.165) is 28.1 Å². The van der Waals surface area contributed by atoms with E-state index in [-0.39, 0.29) is 5.69 Å². The van der Waals surface area contributed by atoms with Crippen LogP contribution in [0.5, 0.6) is 0 Å². The third-order valence-corrected chi connectivity index (χ3v) is 4.73. The number of rotatable bonds is 6. The second kappa shape index (κ2) is 7.79. The van der Waals surface area contributed by atoms with Gasteiger partial charge in [-0.15, -0.1) is 0 Å². The number of fused-ring (bicyclic) bond motifs is 1. The number of aryl methyl sites for hydroxylation is 2. The number of nitrogens with zero attached hydrogens (tertiary/aromatic N) is 5. The van der Waals surface area contributed by atoms with Crippen LogP contribution in [0.2, 0.25) is 0 Å². The smallest absolute Gasteiger partial charge is 0.151 e. The number of aliphatic hydroxyl groups is 1. The van der Waals surface area contributed by atoms with Crippen LogP contribution in [-0.4, -0.2) is 35.4 Å². The molecule has 2 N–H and O–H groups in total. The Labute approximate surface area is 173 Å². The van der Waals surface area contributed by atoms with Gasteiger partial charge in [0, 0.05) is 30.3 Å². The van der Waals surface area contributed by atoms with Crippen LogP contribution in [0.3, 0.4) is 0 Å². The fourth-order valence-electron chi connectivity index (χ4n) is 3.18. The minimum atomic E-state index is -0.793. The summed E-state index contributed by atoms with van der Waals surface area (Å²) in [7, 11) is 0. The highest BCUT2D eigenvalue weighted by atomic mass is 19.1. The summed E-state index contributed by atoms with van der Waals surface area (Å²) < 4.78 is 16.1. The third-order valence-electron chi connectivity index (χ3n) is 4.73. The summed E-state index contributed by atoms with van der Waals surface area (Å²) in [6.07, 6.45) is 5.58. The lowest BCUT2D eigenvalue weighted by atomic mass is 10.1. The molecule has 0 radical (unpaired) electrons. The first-order valence-corrected chi connectivity index (χ1v) is 9.70. The Balaban J connectivity index is 1.68. The van der Waals surface area contributed by atoms with Crippen molar-refractivity contribution in [3.05, 3.63) is 60.4 Å². The van der Waals surface area contributed by atoms with Crippen LogP contribution < -0.4 is 5.32 Å². The van der Waals surface area contributed by atoms with Crippen molar-refractivity contribution in [3.8, 4) is 11.4 Å². The van der Waals surface area contributed by atoms with Crippen LogP contribution in [0.15, 0.2) is 48.9 Å². The molecule has 0 amide bonds. The van der Waals surface area contributed by atoms with Gasteiger partial charge in [0.2, 0.25) is 0 Å². The molecule has 0 unspecified atom stereocenters. The molecule has 0 fully saturated rings. The van der Waals surface area contributed by atoms with Crippen molar-refractivity contribution in [2.45, 2.75) is 39.3 Å². The van der Waals surface area contributed by atoms with E-state index in [1.54, 1.807) is 50.6 Å².